The van der Waals surface area contributed by atoms with Crippen molar-refractivity contribution in [3.05, 3.63) is 0 Å². The van der Waals surface area contributed by atoms with Crippen LogP contribution in [-0.4, -0.2) is 44.2 Å². The predicted octanol–water partition coefficient (Wildman–Crippen LogP) is 5.37. The van der Waals surface area contributed by atoms with E-state index < -0.39 is 6.17 Å². The molecular formula is C22H39FO4. The number of carbonyl (C=O) groups is 1. The number of hydrogen-bond acceptors (Lipinski definition) is 4. The highest BCUT2D eigenvalue weighted by atomic mass is 19.1. The molecule has 5 heteroatoms. The van der Waals surface area contributed by atoms with E-state index in [9.17, 15) is 9.18 Å². The normalized spacial score (nSPS) is 28.8. The van der Waals surface area contributed by atoms with Gasteiger partial charge in [-0.15, -0.1) is 0 Å². The third-order valence-corrected chi connectivity index (χ3v) is 5.89. The average Bonchev–Trinajstić information content (AvgIpc) is 2.69. The van der Waals surface area contributed by atoms with E-state index in [4.69, 9.17) is 14.2 Å². The summed E-state index contributed by atoms with van der Waals surface area (Å²) in [5.74, 6) is 0.0309. The highest BCUT2D eigenvalue weighted by Gasteiger charge is 2.28. The van der Waals surface area contributed by atoms with Crippen LogP contribution in [0.15, 0.2) is 0 Å². The Hall–Kier alpha value is -0.680. The summed E-state index contributed by atoms with van der Waals surface area (Å²) in [5, 5.41) is 0. The van der Waals surface area contributed by atoms with Gasteiger partial charge in [-0.05, 0) is 57.8 Å². The summed E-state index contributed by atoms with van der Waals surface area (Å²) >= 11 is 0. The van der Waals surface area contributed by atoms with Gasteiger partial charge in [-0.25, -0.2) is 4.39 Å². The fraction of sp³-hybridized carbons (Fsp3) is 0.955. The molecule has 0 amide bonds. The molecule has 0 radical (unpaired) electrons. The van der Waals surface area contributed by atoms with Crippen LogP contribution in [0.2, 0.25) is 0 Å². The Morgan fingerprint density at radius 1 is 0.778 bits per heavy atom. The van der Waals surface area contributed by atoms with Gasteiger partial charge >= 0.3 is 5.97 Å². The van der Waals surface area contributed by atoms with E-state index in [2.05, 4.69) is 6.92 Å². The molecule has 2 aliphatic rings. The molecule has 27 heavy (non-hydrogen) atoms. The molecule has 0 aliphatic heterocycles. The first-order valence-electron chi connectivity index (χ1n) is 11.2. The Balaban J connectivity index is 1.45. The number of alkyl halides is 1. The van der Waals surface area contributed by atoms with Crippen molar-refractivity contribution < 1.29 is 23.4 Å². The number of rotatable bonds is 12. The molecule has 0 unspecified atom stereocenters. The van der Waals surface area contributed by atoms with Gasteiger partial charge in [-0.2, -0.15) is 0 Å². The van der Waals surface area contributed by atoms with Crippen LogP contribution < -0.4 is 0 Å². The van der Waals surface area contributed by atoms with Gasteiger partial charge in [0.15, 0.2) is 0 Å². The molecule has 0 aromatic heterocycles. The number of carbonyl (C=O) groups excluding carboxylic acids is 1. The number of ether oxygens (including phenoxy) is 3. The molecule has 2 aliphatic carbocycles. The topological polar surface area (TPSA) is 44.8 Å². The molecule has 158 valence electrons. The first-order valence-corrected chi connectivity index (χ1v) is 11.2. The van der Waals surface area contributed by atoms with E-state index in [1.54, 1.807) is 0 Å². The van der Waals surface area contributed by atoms with Crippen LogP contribution in [-0.2, 0) is 19.0 Å². The lowest BCUT2D eigenvalue weighted by Crippen LogP contribution is -2.29. The molecule has 2 saturated carbocycles. The second-order valence-corrected chi connectivity index (χ2v) is 8.17. The number of halogens is 1. The van der Waals surface area contributed by atoms with Crippen LogP contribution in [0.1, 0.15) is 90.4 Å². The third kappa shape index (κ3) is 9.38. The van der Waals surface area contributed by atoms with E-state index in [0.717, 1.165) is 51.4 Å². The van der Waals surface area contributed by atoms with Crippen LogP contribution in [0.25, 0.3) is 0 Å². The standard InChI is InChI=1S/C22H39FO4/c1-2-3-4-5-6-15-27-22(24)18-7-11-20(12-8-18)25-16-17-26-21-13-9-19(23)10-14-21/h18-21H,2-17H2,1H3. The Labute approximate surface area is 164 Å². The Morgan fingerprint density at radius 3 is 1.93 bits per heavy atom. The van der Waals surface area contributed by atoms with Crippen LogP contribution in [0.5, 0.6) is 0 Å². The van der Waals surface area contributed by atoms with E-state index in [1.807, 2.05) is 0 Å². The number of esters is 1. The molecule has 0 N–H and O–H groups in total. The molecule has 4 nitrogen and oxygen atoms in total. The van der Waals surface area contributed by atoms with Gasteiger partial charge in [0, 0.05) is 0 Å². The third-order valence-electron chi connectivity index (χ3n) is 5.89. The molecule has 0 aromatic carbocycles. The summed E-state index contributed by atoms with van der Waals surface area (Å²) in [6.07, 6.45) is 12.1. The minimum atomic E-state index is -0.635. The van der Waals surface area contributed by atoms with Crippen molar-refractivity contribution in [2.24, 2.45) is 5.92 Å². The van der Waals surface area contributed by atoms with Crippen molar-refractivity contribution >= 4 is 5.97 Å². The van der Waals surface area contributed by atoms with Crippen LogP contribution in [0.4, 0.5) is 4.39 Å². The Kier molecular flexibility index (Phi) is 11.3. The lowest BCUT2D eigenvalue weighted by atomic mass is 9.87. The maximum atomic E-state index is 13.1. The molecule has 0 heterocycles. The molecule has 0 atom stereocenters. The molecule has 2 rings (SSSR count). The maximum absolute atomic E-state index is 13.1. The molecular weight excluding hydrogens is 347 g/mol. The number of hydrogen-bond donors (Lipinski definition) is 0. The van der Waals surface area contributed by atoms with Gasteiger partial charge in [0.1, 0.15) is 6.17 Å². The minimum absolute atomic E-state index is 0.0178. The SMILES string of the molecule is CCCCCCCOC(=O)C1CCC(OCCOC2CCC(F)CC2)CC1. The van der Waals surface area contributed by atoms with Crippen molar-refractivity contribution in [3.63, 3.8) is 0 Å². The summed E-state index contributed by atoms with van der Waals surface area (Å²) in [6, 6.07) is 0. The van der Waals surface area contributed by atoms with Crippen molar-refractivity contribution in [2.75, 3.05) is 19.8 Å². The largest absolute Gasteiger partial charge is 0.465 e. The highest BCUT2D eigenvalue weighted by Crippen LogP contribution is 2.27. The predicted molar refractivity (Wildman–Crippen MR) is 105 cm³/mol. The van der Waals surface area contributed by atoms with Gasteiger partial charge in [0.05, 0.1) is 37.9 Å². The van der Waals surface area contributed by atoms with Gasteiger partial charge in [0.25, 0.3) is 0 Å². The van der Waals surface area contributed by atoms with Crippen molar-refractivity contribution in [1.29, 1.82) is 0 Å². The second kappa shape index (κ2) is 13.5. The summed E-state index contributed by atoms with van der Waals surface area (Å²) in [5.41, 5.74) is 0. The van der Waals surface area contributed by atoms with Gasteiger partial charge < -0.3 is 14.2 Å². The van der Waals surface area contributed by atoms with Crippen LogP contribution in [0.3, 0.4) is 0 Å². The quantitative estimate of drug-likeness (QED) is 0.334. The highest BCUT2D eigenvalue weighted by molar-refractivity contribution is 5.72. The number of unbranched alkanes of at least 4 members (excludes halogenated alkanes) is 4. The van der Waals surface area contributed by atoms with E-state index in [1.165, 1.54) is 19.3 Å². The summed E-state index contributed by atoms with van der Waals surface area (Å²) < 4.78 is 30.2. The first kappa shape index (κ1) is 22.6. The zero-order valence-corrected chi connectivity index (χ0v) is 17.1. The molecule has 0 spiro atoms. The molecule has 2 fully saturated rings. The van der Waals surface area contributed by atoms with Crippen molar-refractivity contribution in [3.8, 4) is 0 Å². The van der Waals surface area contributed by atoms with E-state index in [0.29, 0.717) is 32.7 Å². The fourth-order valence-electron chi connectivity index (χ4n) is 4.08. The van der Waals surface area contributed by atoms with Crippen LogP contribution in [0, 0.1) is 5.92 Å². The van der Waals surface area contributed by atoms with Crippen LogP contribution >= 0.6 is 0 Å². The fourth-order valence-corrected chi connectivity index (χ4v) is 4.08. The summed E-state index contributed by atoms with van der Waals surface area (Å²) in [4.78, 5) is 12.1. The van der Waals surface area contributed by atoms with Crippen molar-refractivity contribution in [2.45, 2.75) is 109 Å². The Bertz CT molecular complexity index is 388. The molecule has 0 saturated heterocycles. The first-order chi connectivity index (χ1) is 13.2. The lowest BCUT2D eigenvalue weighted by molar-refractivity contribution is -0.151. The zero-order chi connectivity index (χ0) is 19.3. The van der Waals surface area contributed by atoms with E-state index in [-0.39, 0.29) is 24.1 Å². The van der Waals surface area contributed by atoms with Gasteiger partial charge in [0.2, 0.25) is 0 Å². The van der Waals surface area contributed by atoms with E-state index >= 15 is 0 Å². The minimum Gasteiger partial charge on any atom is -0.465 e. The lowest BCUT2D eigenvalue weighted by Gasteiger charge is -2.28. The van der Waals surface area contributed by atoms with Gasteiger partial charge in [-0.3, -0.25) is 4.79 Å². The zero-order valence-electron chi connectivity index (χ0n) is 17.1. The summed E-state index contributed by atoms with van der Waals surface area (Å²) in [6.45, 7) is 3.95. The monoisotopic (exact) mass is 386 g/mol. The maximum Gasteiger partial charge on any atom is 0.308 e. The molecule has 0 bridgehead atoms. The molecule has 0 aromatic rings. The summed E-state index contributed by atoms with van der Waals surface area (Å²) in [7, 11) is 0. The average molecular weight is 387 g/mol. The van der Waals surface area contributed by atoms with Gasteiger partial charge in [-0.1, -0.05) is 32.6 Å². The second-order valence-electron chi connectivity index (χ2n) is 8.17. The Morgan fingerprint density at radius 2 is 1.33 bits per heavy atom. The van der Waals surface area contributed by atoms with Crippen molar-refractivity contribution in [1.82, 2.24) is 0 Å². The smallest absolute Gasteiger partial charge is 0.308 e.